The molecule has 0 saturated carbocycles. The quantitative estimate of drug-likeness (QED) is 0.351. The Bertz CT molecular complexity index is 1460. The number of benzene rings is 3. The number of aliphatic imine (C=N–C) groups is 1. The summed E-state index contributed by atoms with van der Waals surface area (Å²) in [6.07, 6.45) is 6.62. The van der Waals surface area contributed by atoms with Gasteiger partial charge < -0.3 is 14.6 Å². The molecular formula is C29H21Cl2NO4. The first-order chi connectivity index (χ1) is 17.4. The number of methoxy groups -OCH3 is 1. The van der Waals surface area contributed by atoms with Crippen LogP contribution in [0, 0.1) is 11.8 Å². The van der Waals surface area contributed by atoms with Crippen molar-refractivity contribution >= 4 is 46.7 Å². The predicted octanol–water partition coefficient (Wildman–Crippen LogP) is 6.76. The van der Waals surface area contributed by atoms with Crippen molar-refractivity contribution in [2.75, 3.05) is 13.7 Å². The van der Waals surface area contributed by atoms with E-state index in [2.05, 4.69) is 11.8 Å². The van der Waals surface area contributed by atoms with Crippen LogP contribution in [0.4, 0.5) is 0 Å². The van der Waals surface area contributed by atoms with Gasteiger partial charge in [-0.15, -0.1) is 0 Å². The van der Waals surface area contributed by atoms with Gasteiger partial charge in [0, 0.05) is 39.4 Å². The maximum Gasteiger partial charge on any atom is 0.341 e. The topological polar surface area (TPSA) is 68.1 Å². The molecule has 5 nitrogen and oxygen atoms in total. The van der Waals surface area contributed by atoms with Gasteiger partial charge in [-0.2, -0.15) is 0 Å². The first-order valence-electron chi connectivity index (χ1n) is 11.0. The maximum absolute atomic E-state index is 10.7. The average molecular weight is 518 g/mol. The minimum atomic E-state index is -1.03. The fourth-order valence-corrected chi connectivity index (χ4v) is 4.01. The van der Waals surface area contributed by atoms with E-state index >= 15 is 0 Å². The van der Waals surface area contributed by atoms with Crippen molar-refractivity contribution in [2.45, 2.75) is 6.42 Å². The van der Waals surface area contributed by atoms with Gasteiger partial charge in [-0.25, -0.2) is 4.79 Å². The number of ether oxygens (including phenoxy) is 2. The van der Waals surface area contributed by atoms with Crippen LogP contribution in [0.2, 0.25) is 10.0 Å². The van der Waals surface area contributed by atoms with Gasteiger partial charge >= 0.3 is 5.97 Å². The third-order valence-electron chi connectivity index (χ3n) is 5.21. The predicted molar refractivity (Wildman–Crippen MR) is 144 cm³/mol. The Balaban J connectivity index is 1.51. The summed E-state index contributed by atoms with van der Waals surface area (Å²) in [7, 11) is 1.62. The number of rotatable bonds is 7. The number of halogens is 2. The lowest BCUT2D eigenvalue weighted by Crippen LogP contribution is -2.09. The number of allylic oxidation sites excluding steroid dienone is 2. The molecule has 0 amide bonds. The summed E-state index contributed by atoms with van der Waals surface area (Å²) >= 11 is 12.3. The second-order valence-corrected chi connectivity index (χ2v) is 8.61. The first kappa shape index (κ1) is 25.1. The van der Waals surface area contributed by atoms with Gasteiger partial charge in [-0.1, -0.05) is 47.2 Å². The monoisotopic (exact) mass is 517 g/mol. The van der Waals surface area contributed by atoms with E-state index in [0.29, 0.717) is 33.5 Å². The Hall–Kier alpha value is -3.98. The molecule has 7 heteroatoms. The van der Waals surface area contributed by atoms with E-state index in [9.17, 15) is 4.79 Å². The zero-order valence-corrected chi connectivity index (χ0v) is 20.8. The van der Waals surface area contributed by atoms with Crippen molar-refractivity contribution in [3.63, 3.8) is 0 Å². The molecule has 180 valence electrons. The molecule has 4 rings (SSSR count). The minimum Gasteiger partial charge on any atom is -0.496 e. The smallest absolute Gasteiger partial charge is 0.341 e. The molecule has 0 atom stereocenters. The fraction of sp³-hybridized carbons (Fsp3) is 0.103. The number of carboxylic acids is 1. The zero-order chi connectivity index (χ0) is 25.5. The third kappa shape index (κ3) is 6.57. The molecule has 0 aromatic heterocycles. The van der Waals surface area contributed by atoms with Gasteiger partial charge in [0.2, 0.25) is 0 Å². The Morgan fingerprint density at radius 3 is 2.61 bits per heavy atom. The Labute approximate surface area is 219 Å². The highest BCUT2D eigenvalue weighted by molar-refractivity contribution is 6.35. The van der Waals surface area contributed by atoms with Gasteiger partial charge in [-0.3, -0.25) is 4.99 Å². The lowest BCUT2D eigenvalue weighted by atomic mass is 10.1. The molecule has 0 aliphatic carbocycles. The van der Waals surface area contributed by atoms with E-state index < -0.39 is 12.6 Å². The standard InChI is InChI=1S/C29H21Cl2NO4/c1-35-28-14-7-20(6-5-19-3-2-4-24(16-19)36-18-29(33)34)15-21(28)8-10-23-11-13-27(32-23)25-12-9-22(30)17-26(25)31/h2-4,7-10,12-17H,11,18H2,1H3,(H,33,34)/b10-8+. The van der Waals surface area contributed by atoms with Crippen LogP contribution in [0.3, 0.4) is 0 Å². The Morgan fingerprint density at radius 2 is 1.86 bits per heavy atom. The van der Waals surface area contributed by atoms with Crippen LogP contribution >= 0.6 is 23.2 Å². The van der Waals surface area contributed by atoms with E-state index in [1.807, 2.05) is 48.6 Å². The number of aliphatic carboxylic acids is 1. The van der Waals surface area contributed by atoms with Crippen LogP contribution in [-0.2, 0) is 4.79 Å². The number of hydrogen-bond donors (Lipinski definition) is 1. The van der Waals surface area contributed by atoms with E-state index in [4.69, 9.17) is 42.8 Å². The highest BCUT2D eigenvalue weighted by Crippen LogP contribution is 2.31. The number of carboxylic acid groups (broad SMARTS) is 1. The van der Waals surface area contributed by atoms with E-state index in [-0.39, 0.29) is 0 Å². The molecule has 0 fully saturated rings. The summed E-state index contributed by atoms with van der Waals surface area (Å²) < 4.78 is 10.7. The highest BCUT2D eigenvalue weighted by atomic mass is 35.5. The molecule has 0 spiro atoms. The summed E-state index contributed by atoms with van der Waals surface area (Å²) in [5.74, 6) is 6.36. The Kier molecular flexibility index (Phi) is 8.12. The number of carbonyl (C=O) groups is 1. The van der Waals surface area contributed by atoms with Crippen LogP contribution in [-0.4, -0.2) is 30.5 Å². The van der Waals surface area contributed by atoms with Gasteiger partial charge in [0.25, 0.3) is 0 Å². The van der Waals surface area contributed by atoms with Crippen LogP contribution < -0.4 is 9.47 Å². The molecule has 0 radical (unpaired) electrons. The number of nitrogens with zero attached hydrogens (tertiary/aromatic N) is 1. The van der Waals surface area contributed by atoms with E-state index in [0.717, 1.165) is 28.1 Å². The molecular weight excluding hydrogens is 497 g/mol. The average Bonchev–Trinajstić information content (AvgIpc) is 3.34. The molecule has 3 aromatic carbocycles. The van der Waals surface area contributed by atoms with Crippen molar-refractivity contribution in [3.05, 3.63) is 105 Å². The van der Waals surface area contributed by atoms with Gasteiger partial charge in [0.05, 0.1) is 17.8 Å². The van der Waals surface area contributed by atoms with Crippen LogP contribution in [0.15, 0.2) is 77.8 Å². The Morgan fingerprint density at radius 1 is 1.06 bits per heavy atom. The molecule has 0 saturated heterocycles. The maximum atomic E-state index is 10.7. The normalized spacial score (nSPS) is 12.5. The molecule has 1 heterocycles. The lowest BCUT2D eigenvalue weighted by molar-refractivity contribution is -0.139. The third-order valence-corrected chi connectivity index (χ3v) is 5.76. The molecule has 1 aliphatic rings. The second-order valence-electron chi connectivity index (χ2n) is 7.77. The fourth-order valence-electron chi connectivity index (χ4n) is 3.50. The highest BCUT2D eigenvalue weighted by Gasteiger charge is 2.12. The first-order valence-corrected chi connectivity index (χ1v) is 11.7. The summed E-state index contributed by atoms with van der Waals surface area (Å²) in [5, 5.41) is 9.92. The second kappa shape index (κ2) is 11.6. The largest absolute Gasteiger partial charge is 0.496 e. The van der Waals surface area contributed by atoms with Crippen molar-refractivity contribution in [1.82, 2.24) is 0 Å². The lowest BCUT2D eigenvalue weighted by Gasteiger charge is -2.05. The van der Waals surface area contributed by atoms with Gasteiger partial charge in [0.15, 0.2) is 6.61 Å². The van der Waals surface area contributed by atoms with Crippen molar-refractivity contribution < 1.29 is 19.4 Å². The van der Waals surface area contributed by atoms with Crippen molar-refractivity contribution in [2.24, 2.45) is 4.99 Å². The summed E-state index contributed by atoms with van der Waals surface area (Å²) in [5.41, 5.74) is 4.93. The molecule has 1 aliphatic heterocycles. The summed E-state index contributed by atoms with van der Waals surface area (Å²) in [6, 6.07) is 18.0. The van der Waals surface area contributed by atoms with Crippen LogP contribution in [0.25, 0.3) is 11.8 Å². The summed E-state index contributed by atoms with van der Waals surface area (Å²) in [4.78, 5) is 15.4. The molecule has 36 heavy (non-hydrogen) atoms. The molecule has 0 unspecified atom stereocenters. The van der Waals surface area contributed by atoms with Gasteiger partial charge in [-0.05, 0) is 66.7 Å². The van der Waals surface area contributed by atoms with Crippen molar-refractivity contribution in [1.29, 1.82) is 0 Å². The molecule has 0 bridgehead atoms. The molecule has 1 N–H and O–H groups in total. The number of hydrogen-bond acceptors (Lipinski definition) is 4. The SMILES string of the molecule is COc1ccc(C#Cc2cccc(OCC(=O)O)c2)cc1/C=C/C1=NC(c2ccc(Cl)cc2Cl)=CC1. The van der Waals surface area contributed by atoms with Crippen LogP contribution in [0.5, 0.6) is 11.5 Å². The van der Waals surface area contributed by atoms with Crippen molar-refractivity contribution in [3.8, 4) is 23.3 Å². The van der Waals surface area contributed by atoms with E-state index in [1.165, 1.54) is 0 Å². The van der Waals surface area contributed by atoms with Crippen LogP contribution in [0.1, 0.15) is 28.7 Å². The minimum absolute atomic E-state index is 0.403. The summed E-state index contributed by atoms with van der Waals surface area (Å²) in [6.45, 7) is -0.403. The zero-order valence-electron chi connectivity index (χ0n) is 19.3. The molecule has 3 aromatic rings. The van der Waals surface area contributed by atoms with E-state index in [1.54, 1.807) is 37.4 Å². The van der Waals surface area contributed by atoms with Gasteiger partial charge in [0.1, 0.15) is 11.5 Å².